The lowest BCUT2D eigenvalue weighted by Crippen LogP contribution is -1.83. The molecule has 0 amide bonds. The molecule has 0 N–H and O–H groups in total. The monoisotopic (exact) mass is 299 g/mol. The first-order valence-corrected chi connectivity index (χ1v) is 8.23. The summed E-state index contributed by atoms with van der Waals surface area (Å²) in [5, 5.41) is 6.66. The summed E-state index contributed by atoms with van der Waals surface area (Å²) in [6, 6.07) is 19.5. The standard InChI is InChI=1S/C20H13NS/c1-12-5-4-8-15-18(12)20-17(11-21-15)22-16-10-9-13-6-2-3-7-14(13)19(16)20/h2-11H,1H3. The Hall–Kier alpha value is -2.45. The largest absolute Gasteiger partial charge is 0.255 e. The van der Waals surface area contributed by atoms with Crippen molar-refractivity contribution < 1.29 is 0 Å². The van der Waals surface area contributed by atoms with Gasteiger partial charge in [0.15, 0.2) is 0 Å². The van der Waals surface area contributed by atoms with Gasteiger partial charge in [-0.25, -0.2) is 0 Å². The van der Waals surface area contributed by atoms with Crippen LogP contribution in [0.2, 0.25) is 0 Å². The van der Waals surface area contributed by atoms with Crippen molar-refractivity contribution in [3.8, 4) is 0 Å². The van der Waals surface area contributed by atoms with Gasteiger partial charge < -0.3 is 0 Å². The Bertz CT molecular complexity index is 1180. The second kappa shape index (κ2) is 4.28. The highest BCUT2D eigenvalue weighted by Crippen LogP contribution is 2.41. The van der Waals surface area contributed by atoms with Crippen LogP contribution < -0.4 is 0 Å². The van der Waals surface area contributed by atoms with E-state index in [0.29, 0.717) is 0 Å². The van der Waals surface area contributed by atoms with Crippen LogP contribution in [0.1, 0.15) is 5.56 Å². The van der Waals surface area contributed by atoms with E-state index < -0.39 is 0 Å². The summed E-state index contributed by atoms with van der Waals surface area (Å²) in [6.45, 7) is 2.18. The zero-order chi connectivity index (χ0) is 14.7. The van der Waals surface area contributed by atoms with E-state index in [2.05, 4.69) is 66.5 Å². The Balaban J connectivity index is 2.19. The smallest absolute Gasteiger partial charge is 0.0711 e. The van der Waals surface area contributed by atoms with Gasteiger partial charge in [0.1, 0.15) is 0 Å². The van der Waals surface area contributed by atoms with Gasteiger partial charge in [0.2, 0.25) is 0 Å². The Morgan fingerprint density at radius 3 is 2.64 bits per heavy atom. The molecule has 5 rings (SSSR count). The molecule has 0 radical (unpaired) electrons. The molecule has 0 aliphatic heterocycles. The van der Waals surface area contributed by atoms with Crippen molar-refractivity contribution in [3.63, 3.8) is 0 Å². The number of thiophene rings is 1. The molecule has 0 fully saturated rings. The van der Waals surface area contributed by atoms with E-state index in [-0.39, 0.29) is 0 Å². The van der Waals surface area contributed by atoms with E-state index in [9.17, 15) is 0 Å². The van der Waals surface area contributed by atoms with E-state index in [1.54, 1.807) is 0 Å². The third-order valence-corrected chi connectivity index (χ3v) is 5.52. The Morgan fingerprint density at radius 2 is 1.68 bits per heavy atom. The van der Waals surface area contributed by atoms with Crippen LogP contribution >= 0.6 is 11.3 Å². The molecule has 2 aromatic heterocycles. The molecule has 0 saturated heterocycles. The number of benzene rings is 3. The minimum Gasteiger partial charge on any atom is -0.255 e. The molecule has 22 heavy (non-hydrogen) atoms. The summed E-state index contributed by atoms with van der Waals surface area (Å²) in [5.41, 5.74) is 2.38. The second-order valence-electron chi connectivity index (χ2n) is 5.73. The summed E-state index contributed by atoms with van der Waals surface area (Å²) in [5.74, 6) is 0. The molecule has 0 aliphatic carbocycles. The van der Waals surface area contributed by atoms with Crippen molar-refractivity contribution in [1.82, 2.24) is 4.98 Å². The summed E-state index contributed by atoms with van der Waals surface area (Å²) >= 11 is 1.84. The average Bonchev–Trinajstić information content (AvgIpc) is 2.94. The van der Waals surface area contributed by atoms with Gasteiger partial charge in [0.05, 0.1) is 10.2 Å². The van der Waals surface area contributed by atoms with Crippen LogP contribution in [0, 0.1) is 6.92 Å². The van der Waals surface area contributed by atoms with E-state index >= 15 is 0 Å². The minimum atomic E-state index is 1.08. The van der Waals surface area contributed by atoms with Gasteiger partial charge in [-0.3, -0.25) is 4.98 Å². The number of aryl methyl sites for hydroxylation is 1. The molecule has 0 unspecified atom stereocenters. The first kappa shape index (κ1) is 12.1. The molecule has 1 nitrogen and oxygen atoms in total. The molecule has 3 aromatic carbocycles. The molecular formula is C20H13NS. The number of hydrogen-bond donors (Lipinski definition) is 0. The maximum atomic E-state index is 4.66. The molecule has 5 aromatic rings. The Labute approximate surface area is 131 Å². The molecule has 0 aliphatic rings. The number of aromatic nitrogens is 1. The summed E-state index contributed by atoms with van der Waals surface area (Å²) in [6.07, 6.45) is 2.02. The predicted molar refractivity (Wildman–Crippen MR) is 96.9 cm³/mol. The van der Waals surface area contributed by atoms with Crippen LogP contribution in [-0.2, 0) is 0 Å². The van der Waals surface area contributed by atoms with Crippen molar-refractivity contribution >= 4 is 53.2 Å². The van der Waals surface area contributed by atoms with Crippen molar-refractivity contribution in [2.75, 3.05) is 0 Å². The lowest BCUT2D eigenvalue weighted by molar-refractivity contribution is 1.43. The first-order valence-electron chi connectivity index (χ1n) is 7.41. The number of nitrogens with zero attached hydrogens (tertiary/aromatic N) is 1. The molecule has 2 heterocycles. The molecule has 104 valence electrons. The fourth-order valence-electron chi connectivity index (χ4n) is 3.44. The summed E-state index contributed by atoms with van der Waals surface area (Å²) in [4.78, 5) is 4.66. The molecule has 0 saturated carbocycles. The first-order chi connectivity index (χ1) is 10.8. The lowest BCUT2D eigenvalue weighted by Gasteiger charge is -2.05. The van der Waals surface area contributed by atoms with Gasteiger partial charge in [-0.1, -0.05) is 42.5 Å². The van der Waals surface area contributed by atoms with E-state index in [4.69, 9.17) is 0 Å². The van der Waals surface area contributed by atoms with Gasteiger partial charge in [-0.05, 0) is 35.4 Å². The maximum Gasteiger partial charge on any atom is 0.0711 e. The van der Waals surface area contributed by atoms with Crippen LogP contribution in [0.4, 0.5) is 0 Å². The van der Waals surface area contributed by atoms with Gasteiger partial charge in [0.25, 0.3) is 0 Å². The molecular weight excluding hydrogens is 286 g/mol. The highest BCUT2D eigenvalue weighted by molar-refractivity contribution is 7.26. The van der Waals surface area contributed by atoms with E-state index in [0.717, 1.165) is 5.52 Å². The van der Waals surface area contributed by atoms with Gasteiger partial charge in [0, 0.05) is 27.1 Å². The zero-order valence-electron chi connectivity index (χ0n) is 12.1. The topological polar surface area (TPSA) is 12.9 Å². The summed E-state index contributed by atoms with van der Waals surface area (Å²) in [7, 11) is 0. The third kappa shape index (κ3) is 1.50. The van der Waals surface area contributed by atoms with Crippen LogP contribution in [-0.4, -0.2) is 4.98 Å². The van der Waals surface area contributed by atoms with Crippen LogP contribution in [0.25, 0.3) is 41.8 Å². The van der Waals surface area contributed by atoms with Gasteiger partial charge >= 0.3 is 0 Å². The van der Waals surface area contributed by atoms with E-state index in [1.165, 1.54) is 41.9 Å². The highest BCUT2D eigenvalue weighted by Gasteiger charge is 2.13. The number of fused-ring (bicyclic) bond motifs is 7. The molecule has 0 bridgehead atoms. The molecule has 0 spiro atoms. The Kier molecular flexibility index (Phi) is 2.36. The number of rotatable bonds is 0. The van der Waals surface area contributed by atoms with Crippen molar-refractivity contribution in [2.24, 2.45) is 0 Å². The minimum absolute atomic E-state index is 1.08. The average molecular weight is 299 g/mol. The second-order valence-corrected chi connectivity index (χ2v) is 6.81. The fraction of sp³-hybridized carbons (Fsp3) is 0.0500. The fourth-order valence-corrected chi connectivity index (χ4v) is 4.54. The maximum absolute atomic E-state index is 4.66. The third-order valence-electron chi connectivity index (χ3n) is 4.43. The molecule has 2 heteroatoms. The van der Waals surface area contributed by atoms with Crippen LogP contribution in [0.3, 0.4) is 0 Å². The van der Waals surface area contributed by atoms with Gasteiger partial charge in [-0.2, -0.15) is 0 Å². The normalized spacial score (nSPS) is 11.9. The van der Waals surface area contributed by atoms with Crippen LogP contribution in [0.5, 0.6) is 0 Å². The SMILES string of the molecule is Cc1cccc2ncc3sc4ccc5ccccc5c4c3c12. The zero-order valence-corrected chi connectivity index (χ0v) is 12.9. The Morgan fingerprint density at radius 1 is 0.773 bits per heavy atom. The number of pyridine rings is 1. The van der Waals surface area contributed by atoms with Crippen LogP contribution in [0.15, 0.2) is 60.8 Å². The quantitative estimate of drug-likeness (QED) is 0.338. The van der Waals surface area contributed by atoms with Crippen molar-refractivity contribution in [1.29, 1.82) is 0 Å². The summed E-state index contributed by atoms with van der Waals surface area (Å²) < 4.78 is 2.61. The lowest BCUT2D eigenvalue weighted by atomic mass is 10.00. The van der Waals surface area contributed by atoms with Gasteiger partial charge in [-0.15, -0.1) is 11.3 Å². The number of hydrogen-bond acceptors (Lipinski definition) is 2. The van der Waals surface area contributed by atoms with Crippen molar-refractivity contribution in [3.05, 3.63) is 66.4 Å². The molecule has 0 atom stereocenters. The predicted octanol–water partition coefficient (Wildman–Crippen LogP) is 6.06. The highest BCUT2D eigenvalue weighted by atomic mass is 32.1. The van der Waals surface area contributed by atoms with Crippen molar-refractivity contribution in [2.45, 2.75) is 6.92 Å². The van der Waals surface area contributed by atoms with E-state index in [1.807, 2.05) is 17.5 Å².